The van der Waals surface area contributed by atoms with Crippen LogP contribution in [0.4, 0.5) is 10.5 Å². The van der Waals surface area contributed by atoms with Gasteiger partial charge in [-0.1, -0.05) is 27.7 Å². The van der Waals surface area contributed by atoms with Gasteiger partial charge in [-0.25, -0.2) is 4.79 Å². The van der Waals surface area contributed by atoms with Crippen molar-refractivity contribution in [1.29, 1.82) is 5.26 Å². The van der Waals surface area contributed by atoms with Crippen LogP contribution in [-0.4, -0.2) is 24.0 Å². The lowest BCUT2D eigenvalue weighted by molar-refractivity contribution is 0.205. The molecule has 1 N–H and O–H groups in total. The number of nitrogens with zero attached hydrogens (tertiary/aromatic N) is 2. The fraction of sp³-hybridized carbons (Fsp3) is 0.556. The third-order valence-corrected chi connectivity index (χ3v) is 3.51. The number of nitriles is 1. The minimum Gasteiger partial charge on any atom is -0.325 e. The Bertz CT molecular complexity index is 488. The van der Waals surface area contributed by atoms with Crippen molar-refractivity contribution in [1.82, 2.24) is 4.90 Å². The van der Waals surface area contributed by atoms with Crippen molar-refractivity contribution in [3.63, 3.8) is 0 Å². The number of hydrogen-bond acceptors (Lipinski definition) is 2. The van der Waals surface area contributed by atoms with Crippen LogP contribution in [0.25, 0.3) is 0 Å². The second kappa shape index (κ2) is 9.09. The molecule has 0 aliphatic carbocycles. The van der Waals surface area contributed by atoms with Crippen LogP contribution in [-0.2, 0) is 0 Å². The number of rotatable bonds is 7. The van der Waals surface area contributed by atoms with E-state index in [0.29, 0.717) is 17.4 Å². The van der Waals surface area contributed by atoms with E-state index >= 15 is 0 Å². The third kappa shape index (κ3) is 6.62. The van der Waals surface area contributed by atoms with Crippen LogP contribution in [0.15, 0.2) is 24.3 Å². The number of carbonyl (C=O) groups is 1. The van der Waals surface area contributed by atoms with Crippen LogP contribution in [0.5, 0.6) is 0 Å². The highest BCUT2D eigenvalue weighted by atomic mass is 16.2. The highest BCUT2D eigenvalue weighted by Crippen LogP contribution is 2.12. The molecule has 0 aliphatic rings. The molecule has 4 heteroatoms. The SMILES string of the molecule is CC(C)CCN(CCC(C)C)C(=O)Nc1ccc(C#N)cc1. The van der Waals surface area contributed by atoms with E-state index in [9.17, 15) is 4.79 Å². The van der Waals surface area contributed by atoms with Gasteiger partial charge in [-0.2, -0.15) is 5.26 Å². The maximum atomic E-state index is 12.4. The van der Waals surface area contributed by atoms with Crippen LogP contribution in [0.3, 0.4) is 0 Å². The van der Waals surface area contributed by atoms with Crippen LogP contribution in [0, 0.1) is 23.2 Å². The zero-order valence-electron chi connectivity index (χ0n) is 14.1. The molecule has 0 atom stereocenters. The molecule has 1 aromatic carbocycles. The third-order valence-electron chi connectivity index (χ3n) is 3.51. The van der Waals surface area contributed by atoms with E-state index in [1.165, 1.54) is 0 Å². The van der Waals surface area contributed by atoms with E-state index in [-0.39, 0.29) is 6.03 Å². The first-order chi connectivity index (χ1) is 10.4. The van der Waals surface area contributed by atoms with Crippen molar-refractivity contribution in [2.45, 2.75) is 40.5 Å². The summed E-state index contributed by atoms with van der Waals surface area (Å²) in [6, 6.07) is 8.96. The molecule has 0 spiro atoms. The van der Waals surface area contributed by atoms with Gasteiger partial charge in [0.2, 0.25) is 0 Å². The normalized spacial score (nSPS) is 10.6. The Morgan fingerprint density at radius 2 is 1.59 bits per heavy atom. The zero-order chi connectivity index (χ0) is 16.5. The molecule has 1 aromatic rings. The van der Waals surface area contributed by atoms with Gasteiger partial charge in [0, 0.05) is 18.8 Å². The molecule has 0 aliphatic heterocycles. The number of hydrogen-bond donors (Lipinski definition) is 1. The summed E-state index contributed by atoms with van der Waals surface area (Å²) in [5, 5.41) is 11.7. The summed E-state index contributed by atoms with van der Waals surface area (Å²) in [6.45, 7) is 10.2. The average molecular weight is 301 g/mol. The lowest BCUT2D eigenvalue weighted by Gasteiger charge is -2.25. The van der Waals surface area contributed by atoms with Gasteiger partial charge in [-0.15, -0.1) is 0 Å². The molecular formula is C18H27N3O. The second-order valence-electron chi connectivity index (χ2n) is 6.47. The van der Waals surface area contributed by atoms with Crippen molar-refractivity contribution >= 4 is 11.7 Å². The predicted molar refractivity (Wildman–Crippen MR) is 90.7 cm³/mol. The van der Waals surface area contributed by atoms with Gasteiger partial charge >= 0.3 is 6.03 Å². The molecule has 0 heterocycles. The number of urea groups is 1. The Morgan fingerprint density at radius 3 is 2.00 bits per heavy atom. The number of amides is 2. The van der Waals surface area contributed by atoms with Crippen molar-refractivity contribution in [3.05, 3.63) is 29.8 Å². The summed E-state index contributed by atoms with van der Waals surface area (Å²) in [4.78, 5) is 14.3. The van der Waals surface area contributed by atoms with Gasteiger partial charge in [-0.3, -0.25) is 0 Å². The second-order valence-corrected chi connectivity index (χ2v) is 6.47. The fourth-order valence-corrected chi connectivity index (χ4v) is 1.97. The van der Waals surface area contributed by atoms with Gasteiger partial charge in [-0.05, 0) is 48.9 Å². The first kappa shape index (κ1) is 18.0. The van der Waals surface area contributed by atoms with Crippen molar-refractivity contribution in [3.8, 4) is 6.07 Å². The van der Waals surface area contributed by atoms with Crippen molar-refractivity contribution in [2.75, 3.05) is 18.4 Å². The van der Waals surface area contributed by atoms with Crippen molar-refractivity contribution < 1.29 is 4.79 Å². The highest BCUT2D eigenvalue weighted by molar-refractivity contribution is 5.89. The number of nitrogens with one attached hydrogen (secondary N) is 1. The van der Waals surface area contributed by atoms with E-state index in [1.807, 2.05) is 4.90 Å². The summed E-state index contributed by atoms with van der Waals surface area (Å²) in [5.74, 6) is 1.15. The number of anilines is 1. The molecule has 2 amide bonds. The minimum atomic E-state index is -0.0639. The Labute approximate surface area is 134 Å². The smallest absolute Gasteiger partial charge is 0.321 e. The summed E-state index contributed by atoms with van der Waals surface area (Å²) < 4.78 is 0. The van der Waals surface area contributed by atoms with Crippen LogP contribution in [0.2, 0.25) is 0 Å². The van der Waals surface area contributed by atoms with Crippen LogP contribution >= 0.6 is 0 Å². The van der Waals surface area contributed by atoms with E-state index in [1.54, 1.807) is 24.3 Å². The molecule has 120 valence electrons. The maximum absolute atomic E-state index is 12.4. The summed E-state index contributed by atoms with van der Waals surface area (Å²) >= 11 is 0. The average Bonchev–Trinajstić information content (AvgIpc) is 2.47. The fourth-order valence-electron chi connectivity index (χ4n) is 1.97. The van der Waals surface area contributed by atoms with Crippen molar-refractivity contribution in [2.24, 2.45) is 11.8 Å². The molecule has 0 radical (unpaired) electrons. The van der Waals surface area contributed by atoms with Gasteiger partial charge < -0.3 is 10.2 Å². The van der Waals surface area contributed by atoms with Gasteiger partial charge in [0.05, 0.1) is 11.6 Å². The first-order valence-corrected chi connectivity index (χ1v) is 7.98. The molecule has 22 heavy (non-hydrogen) atoms. The Morgan fingerprint density at radius 1 is 1.09 bits per heavy atom. The highest BCUT2D eigenvalue weighted by Gasteiger charge is 2.14. The van der Waals surface area contributed by atoms with E-state index in [2.05, 4.69) is 39.1 Å². The van der Waals surface area contributed by atoms with Gasteiger partial charge in [0.25, 0.3) is 0 Å². The van der Waals surface area contributed by atoms with Gasteiger partial charge in [0.15, 0.2) is 0 Å². The molecule has 1 rings (SSSR count). The molecule has 0 unspecified atom stereocenters. The van der Waals surface area contributed by atoms with Gasteiger partial charge in [0.1, 0.15) is 0 Å². The molecule has 0 aromatic heterocycles. The molecule has 0 saturated carbocycles. The Hall–Kier alpha value is -2.02. The largest absolute Gasteiger partial charge is 0.325 e. The van der Waals surface area contributed by atoms with E-state index in [0.717, 1.165) is 31.6 Å². The van der Waals surface area contributed by atoms with Crippen LogP contribution < -0.4 is 5.32 Å². The number of benzene rings is 1. The lowest BCUT2D eigenvalue weighted by atomic mass is 10.1. The van der Waals surface area contributed by atoms with Crippen LogP contribution in [0.1, 0.15) is 46.1 Å². The standard InChI is InChI=1S/C18H27N3O/c1-14(2)9-11-21(12-10-15(3)4)18(22)20-17-7-5-16(13-19)6-8-17/h5-8,14-15H,9-12H2,1-4H3,(H,20,22). The maximum Gasteiger partial charge on any atom is 0.321 e. The molecule has 0 saturated heterocycles. The summed E-state index contributed by atoms with van der Waals surface area (Å²) in [5.41, 5.74) is 1.32. The quantitative estimate of drug-likeness (QED) is 0.807. The Balaban J connectivity index is 2.65. The van der Waals surface area contributed by atoms with E-state index < -0.39 is 0 Å². The predicted octanol–water partition coefficient (Wildman–Crippen LogP) is 4.48. The first-order valence-electron chi connectivity index (χ1n) is 7.98. The number of carbonyl (C=O) groups excluding carboxylic acids is 1. The molecule has 0 fully saturated rings. The monoisotopic (exact) mass is 301 g/mol. The molecular weight excluding hydrogens is 274 g/mol. The minimum absolute atomic E-state index is 0.0639. The summed E-state index contributed by atoms with van der Waals surface area (Å²) in [6.07, 6.45) is 2.00. The lowest BCUT2D eigenvalue weighted by Crippen LogP contribution is -2.37. The molecule has 0 bridgehead atoms. The molecule has 4 nitrogen and oxygen atoms in total. The summed E-state index contributed by atoms with van der Waals surface area (Å²) in [7, 11) is 0. The van der Waals surface area contributed by atoms with E-state index in [4.69, 9.17) is 5.26 Å². The zero-order valence-corrected chi connectivity index (χ0v) is 14.1. The Kier molecular flexibility index (Phi) is 7.45. The topological polar surface area (TPSA) is 56.1 Å².